The van der Waals surface area contributed by atoms with E-state index in [4.69, 9.17) is 12.6 Å². The van der Waals surface area contributed by atoms with Crippen molar-refractivity contribution in [3.63, 3.8) is 0 Å². The van der Waals surface area contributed by atoms with Crippen LogP contribution < -0.4 is 4.40 Å². The Morgan fingerprint density at radius 2 is 1.57 bits per heavy atom. The van der Waals surface area contributed by atoms with E-state index >= 15 is 0 Å². The predicted molar refractivity (Wildman–Crippen MR) is 221 cm³/mol. The van der Waals surface area contributed by atoms with Crippen LogP contribution >= 0.6 is 0 Å². The van der Waals surface area contributed by atoms with Gasteiger partial charge in [0.05, 0.1) is 5.58 Å². The molecule has 8 aromatic rings. The minimum Gasteiger partial charge on any atom is 0 e. The van der Waals surface area contributed by atoms with Crippen molar-refractivity contribution in [2.24, 2.45) is 0 Å². The molecule has 0 saturated heterocycles. The van der Waals surface area contributed by atoms with Crippen molar-refractivity contribution in [2.75, 3.05) is 0 Å². The molecule has 0 aliphatic heterocycles. The summed E-state index contributed by atoms with van der Waals surface area (Å²) in [6, 6.07) is 46.4. The Kier molecular flexibility index (Phi) is 9.65. The summed E-state index contributed by atoms with van der Waals surface area (Å²) < 4.78 is 56.0. The van der Waals surface area contributed by atoms with E-state index in [1.807, 2.05) is 74.5 Å². The van der Waals surface area contributed by atoms with Crippen molar-refractivity contribution in [1.82, 2.24) is 9.97 Å². The van der Waals surface area contributed by atoms with Crippen LogP contribution in [0, 0.1) is 19.0 Å². The summed E-state index contributed by atoms with van der Waals surface area (Å²) in [5.41, 5.74) is 9.12. The van der Waals surface area contributed by atoms with Crippen molar-refractivity contribution >= 4 is 39.6 Å². The van der Waals surface area contributed by atoms with Crippen molar-refractivity contribution in [2.45, 2.75) is 50.2 Å². The molecule has 0 atom stereocenters. The summed E-state index contributed by atoms with van der Waals surface area (Å²) in [6.07, 6.45) is 1.90. The third-order valence-electron chi connectivity index (χ3n) is 8.99. The largest absolute Gasteiger partial charge is 0 e. The van der Waals surface area contributed by atoms with Gasteiger partial charge in [0.25, 0.3) is 0 Å². The van der Waals surface area contributed by atoms with E-state index in [2.05, 4.69) is 69.7 Å². The molecule has 0 fully saturated rings. The van der Waals surface area contributed by atoms with Crippen LogP contribution in [0.15, 0.2) is 144 Å². The predicted octanol–water partition coefficient (Wildman–Crippen LogP) is 12.2. The number of hydrogen-bond donors (Lipinski definition) is 0. The molecule has 0 bridgehead atoms. The van der Waals surface area contributed by atoms with Crippen molar-refractivity contribution in [3.8, 4) is 33.6 Å². The number of aromatic nitrogens is 2. The Balaban J connectivity index is 0.000000195. The van der Waals surface area contributed by atoms with Crippen LogP contribution in [0.4, 0.5) is 0 Å². The molecule has 0 amide bonds. The number of nitrogens with zero attached hydrogens (tertiary/aromatic N) is 2. The summed E-state index contributed by atoms with van der Waals surface area (Å²) in [4.78, 5) is 9.12. The molecular weight excluding hydrogens is 885 g/mol. The summed E-state index contributed by atoms with van der Waals surface area (Å²) in [5.74, 6) is 5.97. The summed E-state index contributed by atoms with van der Waals surface area (Å²) >= 11 is -2.42. The van der Waals surface area contributed by atoms with Crippen LogP contribution in [-0.4, -0.2) is 23.2 Å². The molecule has 1 radical (unpaired) electrons. The van der Waals surface area contributed by atoms with Crippen LogP contribution in [0.1, 0.15) is 50.2 Å². The molecule has 5 heteroatoms. The van der Waals surface area contributed by atoms with Gasteiger partial charge in [-0.25, -0.2) is 0 Å². The molecule has 53 heavy (non-hydrogen) atoms. The van der Waals surface area contributed by atoms with E-state index in [9.17, 15) is 0 Å². The summed E-state index contributed by atoms with van der Waals surface area (Å²) in [5, 5.41) is 2.12. The molecule has 3 aromatic heterocycles. The van der Waals surface area contributed by atoms with Crippen LogP contribution in [0.2, 0.25) is 17.3 Å². The fraction of sp³-hybridized carbons (Fsp3) is 0.167. The number of benzene rings is 5. The van der Waals surface area contributed by atoms with Gasteiger partial charge in [0, 0.05) is 33.1 Å². The number of pyridine rings is 2. The van der Waals surface area contributed by atoms with Gasteiger partial charge in [0.1, 0.15) is 5.58 Å². The van der Waals surface area contributed by atoms with E-state index in [1.54, 1.807) is 42.7 Å². The molecule has 0 aliphatic carbocycles. The first kappa shape index (κ1) is 30.8. The number of furan rings is 1. The third kappa shape index (κ3) is 8.79. The van der Waals surface area contributed by atoms with E-state index in [0.29, 0.717) is 22.4 Å². The van der Waals surface area contributed by atoms with Crippen LogP contribution in [0.3, 0.4) is 0 Å². The van der Waals surface area contributed by atoms with Gasteiger partial charge in [0.2, 0.25) is 0 Å². The quantitative estimate of drug-likeness (QED) is 0.118. The first-order valence-corrected chi connectivity index (χ1v) is 24.7. The Bertz CT molecular complexity index is 2710. The van der Waals surface area contributed by atoms with Gasteiger partial charge in [-0.15, -0.1) is 18.2 Å². The van der Waals surface area contributed by atoms with Gasteiger partial charge in [-0.3, -0.25) is 0 Å². The van der Waals surface area contributed by atoms with Crippen molar-refractivity contribution < 1.29 is 32.7 Å². The zero-order valence-electron chi connectivity index (χ0n) is 36.4. The average Bonchev–Trinajstić information content (AvgIpc) is 3.59. The van der Waals surface area contributed by atoms with Crippen LogP contribution in [0.25, 0.3) is 55.6 Å². The molecule has 0 aliphatic rings. The molecule has 0 N–H and O–H groups in total. The fourth-order valence-electron chi connectivity index (χ4n) is 6.19. The molecule has 3 heterocycles. The number of hydrogen-bond acceptors (Lipinski definition) is 3. The fourth-order valence-corrected chi connectivity index (χ4v) is 9.11. The van der Waals surface area contributed by atoms with E-state index < -0.39 is 32.4 Å². The molecule has 0 unspecified atom stereocenters. The molecule has 8 rings (SSSR count). The molecule has 5 aromatic carbocycles. The second-order valence-electron chi connectivity index (χ2n) is 14.1. The van der Waals surface area contributed by atoms with Gasteiger partial charge < -0.3 is 9.40 Å². The maximum absolute atomic E-state index is 8.89. The first-order chi connectivity index (χ1) is 27.4. The van der Waals surface area contributed by atoms with Gasteiger partial charge in [-0.2, -0.15) is 0 Å². The van der Waals surface area contributed by atoms with Gasteiger partial charge in [-0.05, 0) is 34.8 Å². The molecule has 0 spiro atoms. The van der Waals surface area contributed by atoms with Gasteiger partial charge in [-0.1, -0.05) is 78.9 Å². The summed E-state index contributed by atoms with van der Waals surface area (Å²) in [7, 11) is 0. The minimum atomic E-state index is -2.42. The van der Waals surface area contributed by atoms with E-state index in [0.717, 1.165) is 54.3 Å². The van der Waals surface area contributed by atoms with Crippen molar-refractivity contribution in [3.05, 3.63) is 174 Å². The number of fused-ring (bicyclic) bond motifs is 3. The van der Waals surface area contributed by atoms with Gasteiger partial charge in [0.15, 0.2) is 0 Å². The second-order valence-corrected chi connectivity index (χ2v) is 24.6. The zero-order chi connectivity index (χ0) is 41.5. The smallest absolute Gasteiger partial charge is 0 e. The zero-order valence-corrected chi connectivity index (χ0v) is 34.9. The normalized spacial score (nSPS) is 13.7. The Labute approximate surface area is 338 Å². The van der Waals surface area contributed by atoms with E-state index in [1.165, 1.54) is 6.07 Å². The SMILES string of the molecule is [2H]C(C)(C)c1ccnc(-c2[c-]ccc3c2oc2cc(-c4ccccc4)ccc23)c1.[2H]C([2H])([2H])c1c[c-]c(-c2cc(C([2H])([2H])c3ccccc3)[c]([Ge]([CH3])([CH3])[CH3])cn2)cc1.[Ir]. The minimum absolute atomic E-state index is 0. The first-order valence-electron chi connectivity index (χ1n) is 20.4. The van der Waals surface area contributed by atoms with Crippen molar-refractivity contribution in [1.29, 1.82) is 0 Å². The molecule has 3 nitrogen and oxygen atoms in total. The Morgan fingerprint density at radius 3 is 2.26 bits per heavy atom. The molecule has 0 saturated carbocycles. The Hall–Kier alpha value is -4.61. The third-order valence-corrected chi connectivity index (χ3v) is 13.2. The molecular formula is C48H44GeIrN2O-2. The van der Waals surface area contributed by atoms with E-state index in [-0.39, 0.29) is 25.7 Å². The summed E-state index contributed by atoms with van der Waals surface area (Å²) in [6.45, 7) is 1.58. The number of aryl methyl sites for hydroxylation is 1. The standard InChI is InChI=1S/C26H20NO.C22H24GeN.Ir/c1-17(2)19-13-14-27-24(15-19)23-10-6-9-22-21-12-11-20(16-25(21)28-26(22)23)18-7-4-3-5-8-18;1-17-10-12-19(13-11-17)22-15-20(14-18-8-6-5-7-9-18)21(16-24-22)23(2,3)4;/h3-9,11-17H,1-2H3;5-12,15-16H,14H2,1-4H3;/q2*-1;/i17D;1D3,14D2;. The molecule has 267 valence electrons. The maximum Gasteiger partial charge on any atom is 0 e. The maximum atomic E-state index is 8.89. The average molecular weight is 936 g/mol. The Morgan fingerprint density at radius 1 is 0.792 bits per heavy atom. The van der Waals surface area contributed by atoms with Crippen LogP contribution in [-0.2, 0) is 26.5 Å². The topological polar surface area (TPSA) is 38.9 Å². The van der Waals surface area contributed by atoms with Crippen LogP contribution in [0.5, 0.6) is 0 Å². The number of rotatable bonds is 7. The van der Waals surface area contributed by atoms with Gasteiger partial charge >= 0.3 is 155 Å². The monoisotopic (exact) mass is 937 g/mol. The second kappa shape index (κ2) is 16.6.